The molecule has 20 heavy (non-hydrogen) atoms. The Morgan fingerprint density at radius 2 is 2.05 bits per heavy atom. The van der Waals surface area contributed by atoms with Crippen LogP contribution in [0.25, 0.3) is 0 Å². The first-order valence-corrected chi connectivity index (χ1v) is 7.18. The summed E-state index contributed by atoms with van der Waals surface area (Å²) in [5.74, 6) is 0.152. The van der Waals surface area contributed by atoms with Gasteiger partial charge in [-0.15, -0.1) is 11.8 Å². The van der Waals surface area contributed by atoms with Gasteiger partial charge in [0.25, 0.3) is 0 Å². The minimum absolute atomic E-state index is 0.204. The summed E-state index contributed by atoms with van der Waals surface area (Å²) in [4.78, 5) is 12.3. The van der Waals surface area contributed by atoms with Crippen LogP contribution in [0.4, 0.5) is 0 Å². The lowest BCUT2D eigenvalue weighted by molar-refractivity contribution is 0.0693. The highest BCUT2D eigenvalue weighted by Gasteiger charge is 2.11. The zero-order valence-corrected chi connectivity index (χ0v) is 12.2. The molecule has 3 nitrogen and oxygen atoms in total. The van der Waals surface area contributed by atoms with Crippen LogP contribution in [0, 0.1) is 6.92 Å². The molecule has 0 unspecified atom stereocenters. The van der Waals surface area contributed by atoms with Crippen LogP contribution in [0.1, 0.15) is 21.5 Å². The van der Waals surface area contributed by atoms with Crippen LogP contribution in [0.15, 0.2) is 47.4 Å². The smallest absolute Gasteiger partial charge is 0.339 e. The van der Waals surface area contributed by atoms with Gasteiger partial charge in [0.15, 0.2) is 0 Å². The van der Waals surface area contributed by atoms with E-state index in [1.807, 2.05) is 12.1 Å². The third kappa shape index (κ3) is 3.54. The molecule has 0 aliphatic heterocycles. The van der Waals surface area contributed by atoms with E-state index in [-0.39, 0.29) is 5.56 Å². The van der Waals surface area contributed by atoms with Gasteiger partial charge in [-0.2, -0.15) is 0 Å². The van der Waals surface area contributed by atoms with Crippen LogP contribution in [0.5, 0.6) is 5.75 Å². The van der Waals surface area contributed by atoms with E-state index in [1.165, 1.54) is 17.6 Å². The molecule has 0 fully saturated rings. The van der Waals surface area contributed by atoms with E-state index in [4.69, 9.17) is 9.84 Å². The van der Waals surface area contributed by atoms with Crippen molar-refractivity contribution < 1.29 is 14.6 Å². The molecule has 2 rings (SSSR count). The first-order valence-electron chi connectivity index (χ1n) is 6.20. The van der Waals surface area contributed by atoms with Crippen molar-refractivity contribution in [1.82, 2.24) is 0 Å². The molecule has 4 heteroatoms. The lowest BCUT2D eigenvalue weighted by atomic mass is 10.1. The zero-order valence-electron chi connectivity index (χ0n) is 11.4. The molecule has 0 saturated carbocycles. The van der Waals surface area contributed by atoms with E-state index in [9.17, 15) is 4.79 Å². The molecule has 1 N–H and O–H groups in total. The summed E-state index contributed by atoms with van der Waals surface area (Å²) in [6.45, 7) is 2.06. The number of methoxy groups -OCH3 is 1. The van der Waals surface area contributed by atoms with Gasteiger partial charge in [0.2, 0.25) is 0 Å². The van der Waals surface area contributed by atoms with Crippen molar-refractivity contribution in [3.63, 3.8) is 0 Å². The molecule has 0 aliphatic rings. The summed E-state index contributed by atoms with van der Waals surface area (Å²) in [5, 5.41) is 9.16. The number of carboxylic acid groups (broad SMARTS) is 1. The third-order valence-electron chi connectivity index (χ3n) is 2.89. The average Bonchev–Trinajstić information content (AvgIpc) is 2.45. The van der Waals surface area contributed by atoms with Crippen LogP contribution in [0.2, 0.25) is 0 Å². The normalized spacial score (nSPS) is 10.3. The maximum absolute atomic E-state index is 11.2. The van der Waals surface area contributed by atoms with Gasteiger partial charge in [-0.05, 0) is 36.8 Å². The highest BCUT2D eigenvalue weighted by molar-refractivity contribution is 7.98. The van der Waals surface area contributed by atoms with Crippen molar-refractivity contribution in [3.8, 4) is 5.75 Å². The Bertz CT molecular complexity index is 623. The van der Waals surface area contributed by atoms with Crippen LogP contribution in [-0.2, 0) is 5.75 Å². The van der Waals surface area contributed by atoms with Gasteiger partial charge >= 0.3 is 5.97 Å². The maximum Gasteiger partial charge on any atom is 0.339 e. The van der Waals surface area contributed by atoms with Crippen molar-refractivity contribution >= 4 is 17.7 Å². The number of hydrogen-bond acceptors (Lipinski definition) is 3. The molecule has 0 atom stereocenters. The second-order valence-electron chi connectivity index (χ2n) is 4.44. The lowest BCUT2D eigenvalue weighted by Crippen LogP contribution is -2.01. The first kappa shape index (κ1) is 14.5. The number of ether oxygens (including phenoxy) is 1. The van der Waals surface area contributed by atoms with E-state index < -0.39 is 5.97 Å². The highest BCUT2D eigenvalue weighted by atomic mass is 32.2. The average molecular weight is 288 g/mol. The fourth-order valence-electron chi connectivity index (χ4n) is 1.88. The predicted octanol–water partition coefficient (Wildman–Crippen LogP) is 3.99. The molecule has 104 valence electrons. The molecular weight excluding hydrogens is 272 g/mol. The van der Waals surface area contributed by atoms with Crippen LogP contribution >= 0.6 is 11.8 Å². The van der Waals surface area contributed by atoms with E-state index in [0.29, 0.717) is 5.75 Å². The van der Waals surface area contributed by atoms with Crippen LogP contribution in [-0.4, -0.2) is 18.2 Å². The topological polar surface area (TPSA) is 46.5 Å². The van der Waals surface area contributed by atoms with Gasteiger partial charge in [0.1, 0.15) is 11.3 Å². The summed E-state index contributed by atoms with van der Waals surface area (Å²) in [6.07, 6.45) is 0. The van der Waals surface area contributed by atoms with Gasteiger partial charge in [-0.25, -0.2) is 4.79 Å². The van der Waals surface area contributed by atoms with Crippen molar-refractivity contribution in [1.29, 1.82) is 0 Å². The van der Waals surface area contributed by atoms with Crippen molar-refractivity contribution in [3.05, 3.63) is 59.2 Å². The summed E-state index contributed by atoms with van der Waals surface area (Å²) >= 11 is 1.69. The monoisotopic (exact) mass is 288 g/mol. The van der Waals surface area contributed by atoms with Gasteiger partial charge in [-0.3, -0.25) is 0 Å². The van der Waals surface area contributed by atoms with Gasteiger partial charge < -0.3 is 9.84 Å². The van der Waals surface area contributed by atoms with Gasteiger partial charge in [0.05, 0.1) is 7.11 Å². The molecule has 0 amide bonds. The number of aromatic carboxylic acids is 1. The number of carboxylic acids is 1. The molecule has 0 saturated heterocycles. The summed E-state index contributed by atoms with van der Waals surface area (Å²) in [6, 6.07) is 13.5. The number of thioether (sulfide) groups is 1. The summed E-state index contributed by atoms with van der Waals surface area (Å²) in [5.41, 5.74) is 2.39. The molecule has 0 radical (unpaired) electrons. The minimum atomic E-state index is -0.968. The Kier molecular flexibility index (Phi) is 4.69. The van der Waals surface area contributed by atoms with Crippen molar-refractivity contribution in [2.24, 2.45) is 0 Å². The van der Waals surface area contributed by atoms with Crippen LogP contribution in [0.3, 0.4) is 0 Å². The van der Waals surface area contributed by atoms with E-state index >= 15 is 0 Å². The van der Waals surface area contributed by atoms with Crippen LogP contribution < -0.4 is 4.74 Å². The molecule has 0 spiro atoms. The standard InChI is InChI=1S/C16H16O3S/c1-11-4-3-5-13(8-11)20-10-12-6-7-15(19-2)14(9-12)16(17)18/h3-9H,10H2,1-2H3,(H,17,18). The molecule has 0 bridgehead atoms. The Morgan fingerprint density at radius 1 is 1.25 bits per heavy atom. The Hall–Kier alpha value is -1.94. The lowest BCUT2D eigenvalue weighted by Gasteiger charge is -2.08. The number of hydrogen-bond donors (Lipinski definition) is 1. The molecule has 0 heterocycles. The Labute approximate surface area is 122 Å². The SMILES string of the molecule is COc1ccc(CSc2cccc(C)c2)cc1C(=O)O. The van der Waals surface area contributed by atoms with E-state index in [0.717, 1.165) is 11.3 Å². The molecule has 2 aromatic carbocycles. The number of aryl methyl sites for hydroxylation is 1. The Morgan fingerprint density at radius 3 is 2.70 bits per heavy atom. The molecule has 2 aromatic rings. The fourth-order valence-corrected chi connectivity index (χ4v) is 2.84. The molecule has 0 aromatic heterocycles. The quantitative estimate of drug-likeness (QED) is 0.845. The Balaban J connectivity index is 2.14. The number of benzene rings is 2. The molecule has 0 aliphatic carbocycles. The largest absolute Gasteiger partial charge is 0.496 e. The second-order valence-corrected chi connectivity index (χ2v) is 5.49. The van der Waals surface area contributed by atoms with E-state index in [2.05, 4.69) is 25.1 Å². The fraction of sp³-hybridized carbons (Fsp3) is 0.188. The maximum atomic E-state index is 11.2. The van der Waals surface area contributed by atoms with Crippen molar-refractivity contribution in [2.45, 2.75) is 17.6 Å². The van der Waals surface area contributed by atoms with Gasteiger partial charge in [0, 0.05) is 10.6 Å². The summed E-state index contributed by atoms with van der Waals surface area (Å²) < 4.78 is 5.05. The first-order chi connectivity index (χ1) is 9.60. The number of carbonyl (C=O) groups is 1. The number of rotatable bonds is 5. The second kappa shape index (κ2) is 6.48. The molecular formula is C16H16O3S. The zero-order chi connectivity index (χ0) is 14.5. The highest BCUT2D eigenvalue weighted by Crippen LogP contribution is 2.26. The van der Waals surface area contributed by atoms with Gasteiger partial charge in [-0.1, -0.05) is 23.8 Å². The summed E-state index contributed by atoms with van der Waals surface area (Å²) in [7, 11) is 1.48. The van der Waals surface area contributed by atoms with Crippen molar-refractivity contribution in [2.75, 3.05) is 7.11 Å². The third-order valence-corrected chi connectivity index (χ3v) is 3.95. The predicted molar refractivity (Wildman–Crippen MR) is 80.7 cm³/mol. The minimum Gasteiger partial charge on any atom is -0.496 e. The van der Waals surface area contributed by atoms with E-state index in [1.54, 1.807) is 23.9 Å².